The molecule has 0 fully saturated rings. The molecule has 0 bridgehead atoms. The molecule has 126 valence electrons. The lowest BCUT2D eigenvalue weighted by Crippen LogP contribution is -2.11. The number of carbonyl (C=O) groups is 2. The average molecular weight is 367 g/mol. The molecule has 2 rings (SSSR count). The van der Waals surface area contributed by atoms with Crippen molar-refractivity contribution < 1.29 is 19.1 Å². The highest BCUT2D eigenvalue weighted by atomic mass is 35.5. The quantitative estimate of drug-likeness (QED) is 0.402. The zero-order chi connectivity index (χ0) is 17.5. The van der Waals surface area contributed by atoms with Crippen molar-refractivity contribution in [1.82, 2.24) is 0 Å². The number of carbonyl (C=O) groups excluding carboxylic acids is 2. The van der Waals surface area contributed by atoms with Crippen molar-refractivity contribution in [2.24, 2.45) is 0 Å². The lowest BCUT2D eigenvalue weighted by molar-refractivity contribution is 0.0499. The molecule has 0 heterocycles. The summed E-state index contributed by atoms with van der Waals surface area (Å²) >= 11 is 11.9. The van der Waals surface area contributed by atoms with Gasteiger partial charge in [0, 0.05) is 0 Å². The van der Waals surface area contributed by atoms with E-state index in [1.807, 2.05) is 6.92 Å². The number of unbranched alkanes of at least 4 members (excludes halogenated alkanes) is 1. The van der Waals surface area contributed by atoms with Gasteiger partial charge in [-0.25, -0.2) is 9.59 Å². The molecule has 0 radical (unpaired) electrons. The van der Waals surface area contributed by atoms with Crippen LogP contribution >= 0.6 is 23.2 Å². The maximum absolute atomic E-state index is 12.2. The van der Waals surface area contributed by atoms with Crippen LogP contribution in [0, 0.1) is 0 Å². The maximum Gasteiger partial charge on any atom is 0.343 e. The zero-order valence-corrected chi connectivity index (χ0v) is 14.6. The van der Waals surface area contributed by atoms with Gasteiger partial charge in [0.1, 0.15) is 5.02 Å². The summed E-state index contributed by atoms with van der Waals surface area (Å²) in [6, 6.07) is 10.9. The highest BCUT2D eigenvalue weighted by Crippen LogP contribution is 2.31. The topological polar surface area (TPSA) is 52.6 Å². The summed E-state index contributed by atoms with van der Waals surface area (Å²) in [5.41, 5.74) is 0.508. The molecular formula is C18H16Cl2O4. The molecule has 0 amide bonds. The first-order chi connectivity index (χ1) is 11.5. The molecule has 0 aliphatic rings. The fourth-order valence-electron chi connectivity index (χ4n) is 1.89. The van der Waals surface area contributed by atoms with Crippen molar-refractivity contribution in [3.05, 3.63) is 63.6 Å². The van der Waals surface area contributed by atoms with E-state index >= 15 is 0 Å². The van der Waals surface area contributed by atoms with E-state index in [1.165, 1.54) is 12.1 Å². The van der Waals surface area contributed by atoms with Crippen LogP contribution in [-0.2, 0) is 4.74 Å². The fourth-order valence-corrected chi connectivity index (χ4v) is 2.22. The van der Waals surface area contributed by atoms with Crippen molar-refractivity contribution in [1.29, 1.82) is 0 Å². The third-order valence-corrected chi connectivity index (χ3v) is 3.99. The Bertz CT molecular complexity index is 744. The molecule has 6 heteroatoms. The van der Waals surface area contributed by atoms with E-state index in [2.05, 4.69) is 0 Å². The van der Waals surface area contributed by atoms with Gasteiger partial charge in [0.25, 0.3) is 0 Å². The van der Waals surface area contributed by atoms with Gasteiger partial charge in [-0.15, -0.1) is 0 Å². The second-order valence-corrected chi connectivity index (χ2v) is 5.80. The normalized spacial score (nSPS) is 10.3. The molecule has 0 saturated carbocycles. The lowest BCUT2D eigenvalue weighted by Gasteiger charge is -2.08. The average Bonchev–Trinajstić information content (AvgIpc) is 2.59. The van der Waals surface area contributed by atoms with Crippen LogP contribution in [0.25, 0.3) is 0 Å². The first-order valence-corrected chi connectivity index (χ1v) is 8.22. The molecule has 24 heavy (non-hydrogen) atoms. The van der Waals surface area contributed by atoms with E-state index in [-0.39, 0.29) is 26.9 Å². The summed E-state index contributed by atoms with van der Waals surface area (Å²) < 4.78 is 10.4. The Morgan fingerprint density at radius 1 is 1.00 bits per heavy atom. The number of esters is 2. The van der Waals surface area contributed by atoms with Crippen LogP contribution in [0.15, 0.2) is 42.5 Å². The number of hydrogen-bond donors (Lipinski definition) is 0. The second kappa shape index (κ2) is 8.71. The third-order valence-electron chi connectivity index (χ3n) is 3.18. The van der Waals surface area contributed by atoms with Gasteiger partial charge < -0.3 is 9.47 Å². The SMILES string of the molecule is CCCCOC(=O)c1cccc(C(=O)Oc2cccc(Cl)c2Cl)c1. The molecule has 0 aliphatic carbocycles. The summed E-state index contributed by atoms with van der Waals surface area (Å²) in [7, 11) is 0. The highest BCUT2D eigenvalue weighted by molar-refractivity contribution is 6.43. The van der Waals surface area contributed by atoms with Crippen molar-refractivity contribution in [3.8, 4) is 5.75 Å². The van der Waals surface area contributed by atoms with Gasteiger partial charge in [-0.05, 0) is 36.8 Å². The van der Waals surface area contributed by atoms with Crippen LogP contribution in [0.1, 0.15) is 40.5 Å². The molecule has 0 saturated heterocycles. The highest BCUT2D eigenvalue weighted by Gasteiger charge is 2.15. The van der Waals surface area contributed by atoms with Crippen LogP contribution < -0.4 is 4.74 Å². The van der Waals surface area contributed by atoms with Crippen molar-refractivity contribution in [2.75, 3.05) is 6.61 Å². The second-order valence-electron chi connectivity index (χ2n) is 5.01. The molecular weight excluding hydrogens is 351 g/mol. The van der Waals surface area contributed by atoms with Crippen molar-refractivity contribution in [2.45, 2.75) is 19.8 Å². The van der Waals surface area contributed by atoms with Gasteiger partial charge in [-0.1, -0.05) is 48.7 Å². The van der Waals surface area contributed by atoms with E-state index in [1.54, 1.807) is 30.3 Å². The number of halogens is 2. The van der Waals surface area contributed by atoms with Crippen LogP contribution in [0.4, 0.5) is 0 Å². The fraction of sp³-hybridized carbons (Fsp3) is 0.222. The maximum atomic E-state index is 12.2. The van der Waals surface area contributed by atoms with Crippen LogP contribution in [0.5, 0.6) is 5.75 Å². The minimum Gasteiger partial charge on any atom is -0.462 e. The monoisotopic (exact) mass is 366 g/mol. The lowest BCUT2D eigenvalue weighted by atomic mass is 10.1. The van der Waals surface area contributed by atoms with Crippen molar-refractivity contribution >= 4 is 35.1 Å². The molecule has 0 aliphatic heterocycles. The summed E-state index contributed by atoms with van der Waals surface area (Å²) in [6.07, 6.45) is 1.72. The van der Waals surface area contributed by atoms with E-state index in [4.69, 9.17) is 32.7 Å². The van der Waals surface area contributed by atoms with E-state index in [0.29, 0.717) is 6.61 Å². The van der Waals surface area contributed by atoms with Gasteiger partial charge in [-0.3, -0.25) is 0 Å². The molecule has 0 unspecified atom stereocenters. The molecule has 2 aromatic carbocycles. The molecule has 0 atom stereocenters. The van der Waals surface area contributed by atoms with E-state index in [9.17, 15) is 9.59 Å². The van der Waals surface area contributed by atoms with E-state index < -0.39 is 11.9 Å². The standard InChI is InChI=1S/C18H16Cl2O4/c1-2-3-10-23-17(21)12-6-4-7-13(11-12)18(22)24-15-9-5-8-14(19)16(15)20/h4-9,11H,2-3,10H2,1H3. The Labute approximate surface area is 150 Å². The number of rotatable bonds is 6. The summed E-state index contributed by atoms with van der Waals surface area (Å²) in [6.45, 7) is 2.35. The van der Waals surface area contributed by atoms with Gasteiger partial charge in [0.05, 0.1) is 22.8 Å². The van der Waals surface area contributed by atoms with Gasteiger partial charge in [-0.2, -0.15) is 0 Å². The Balaban J connectivity index is 2.11. The first kappa shape index (κ1) is 18.3. The smallest absolute Gasteiger partial charge is 0.343 e. The predicted molar refractivity (Wildman–Crippen MR) is 93.1 cm³/mol. The Kier molecular flexibility index (Phi) is 6.64. The summed E-state index contributed by atoms with van der Waals surface area (Å²) in [4.78, 5) is 24.2. The molecule has 4 nitrogen and oxygen atoms in total. The Morgan fingerprint density at radius 2 is 1.67 bits per heavy atom. The molecule has 0 aromatic heterocycles. The van der Waals surface area contributed by atoms with E-state index in [0.717, 1.165) is 12.8 Å². The van der Waals surface area contributed by atoms with Gasteiger partial charge in [0.15, 0.2) is 5.75 Å². The number of benzene rings is 2. The van der Waals surface area contributed by atoms with Crippen molar-refractivity contribution in [3.63, 3.8) is 0 Å². The first-order valence-electron chi connectivity index (χ1n) is 7.46. The molecule has 0 N–H and O–H groups in total. The van der Waals surface area contributed by atoms with Crippen LogP contribution in [-0.4, -0.2) is 18.5 Å². The molecule has 2 aromatic rings. The minimum absolute atomic E-state index is 0.155. The number of hydrogen-bond acceptors (Lipinski definition) is 4. The predicted octanol–water partition coefficient (Wildman–Crippen LogP) is 5.17. The van der Waals surface area contributed by atoms with Gasteiger partial charge in [0.2, 0.25) is 0 Å². The molecule has 0 spiro atoms. The summed E-state index contributed by atoms with van der Waals surface area (Å²) in [5.74, 6) is -0.952. The van der Waals surface area contributed by atoms with Gasteiger partial charge >= 0.3 is 11.9 Å². The largest absolute Gasteiger partial charge is 0.462 e. The zero-order valence-electron chi connectivity index (χ0n) is 13.1. The number of ether oxygens (including phenoxy) is 2. The summed E-state index contributed by atoms with van der Waals surface area (Å²) in [5, 5.41) is 0.442. The van der Waals surface area contributed by atoms with Crippen LogP contribution in [0.2, 0.25) is 10.0 Å². The Morgan fingerprint density at radius 3 is 2.38 bits per heavy atom. The third kappa shape index (κ3) is 4.73. The van der Waals surface area contributed by atoms with Crippen LogP contribution in [0.3, 0.4) is 0 Å². The Hall–Kier alpha value is -2.04. The minimum atomic E-state index is -0.637.